The van der Waals surface area contributed by atoms with Gasteiger partial charge in [-0.3, -0.25) is 4.79 Å². The normalized spacial score (nSPS) is 10.3. The van der Waals surface area contributed by atoms with Gasteiger partial charge in [-0.05, 0) is 48.4 Å². The highest BCUT2D eigenvalue weighted by Crippen LogP contribution is 2.22. The van der Waals surface area contributed by atoms with E-state index in [0.29, 0.717) is 17.9 Å². The Kier molecular flexibility index (Phi) is 5.51. The number of ether oxygens (including phenoxy) is 1. The van der Waals surface area contributed by atoms with Gasteiger partial charge in [0.25, 0.3) is 5.91 Å². The summed E-state index contributed by atoms with van der Waals surface area (Å²) < 4.78 is 6.88. The number of benzene rings is 3. The largest absolute Gasteiger partial charge is 0.488 e. The molecule has 25 heavy (non-hydrogen) atoms. The molecular weight excluding hydrogens is 378 g/mol. The van der Waals surface area contributed by atoms with E-state index in [1.54, 1.807) is 6.07 Å². The zero-order chi connectivity index (χ0) is 17.6. The van der Waals surface area contributed by atoms with Crippen LogP contribution in [-0.4, -0.2) is 5.91 Å². The number of hydrogen-bond donors (Lipinski definition) is 1. The molecular formula is C21H18BrNO2. The summed E-state index contributed by atoms with van der Waals surface area (Å²) in [5, 5.41) is 2.95. The minimum absolute atomic E-state index is 0.181. The molecule has 126 valence electrons. The average molecular weight is 396 g/mol. The summed E-state index contributed by atoms with van der Waals surface area (Å²) in [6.07, 6.45) is 0. The van der Waals surface area contributed by atoms with Crippen molar-refractivity contribution in [1.82, 2.24) is 0 Å². The lowest BCUT2D eigenvalue weighted by Crippen LogP contribution is -2.14. The molecule has 0 fully saturated rings. The van der Waals surface area contributed by atoms with Crippen LogP contribution < -0.4 is 10.1 Å². The lowest BCUT2D eigenvalue weighted by atomic mass is 10.1. The van der Waals surface area contributed by atoms with Gasteiger partial charge in [0, 0.05) is 10.2 Å². The van der Waals surface area contributed by atoms with Gasteiger partial charge in [-0.1, -0.05) is 58.4 Å². The van der Waals surface area contributed by atoms with Crippen LogP contribution in [0, 0.1) is 6.92 Å². The van der Waals surface area contributed by atoms with E-state index >= 15 is 0 Å². The first-order valence-electron chi connectivity index (χ1n) is 7.97. The van der Waals surface area contributed by atoms with Gasteiger partial charge in [-0.15, -0.1) is 0 Å². The molecule has 0 aliphatic heterocycles. The van der Waals surface area contributed by atoms with Crippen molar-refractivity contribution < 1.29 is 9.53 Å². The van der Waals surface area contributed by atoms with Gasteiger partial charge < -0.3 is 10.1 Å². The number of halogens is 1. The maximum atomic E-state index is 12.7. The van der Waals surface area contributed by atoms with Crippen LogP contribution in [0.1, 0.15) is 21.5 Å². The Balaban J connectivity index is 1.76. The van der Waals surface area contributed by atoms with Crippen LogP contribution in [0.3, 0.4) is 0 Å². The predicted molar refractivity (Wildman–Crippen MR) is 104 cm³/mol. The monoisotopic (exact) mass is 395 g/mol. The topological polar surface area (TPSA) is 38.3 Å². The minimum Gasteiger partial charge on any atom is -0.488 e. The highest BCUT2D eigenvalue weighted by Gasteiger charge is 2.13. The van der Waals surface area contributed by atoms with Gasteiger partial charge >= 0.3 is 0 Å². The Bertz CT molecular complexity index is 892. The molecule has 0 unspecified atom stereocenters. The van der Waals surface area contributed by atoms with Crippen molar-refractivity contribution in [1.29, 1.82) is 0 Å². The van der Waals surface area contributed by atoms with E-state index in [9.17, 15) is 4.79 Å². The van der Waals surface area contributed by atoms with Gasteiger partial charge in [-0.25, -0.2) is 0 Å². The molecule has 0 spiro atoms. The van der Waals surface area contributed by atoms with Crippen molar-refractivity contribution in [2.75, 3.05) is 5.32 Å². The number of carbonyl (C=O) groups excluding carboxylic acids is 1. The molecule has 0 atom stereocenters. The molecule has 0 saturated carbocycles. The van der Waals surface area contributed by atoms with Crippen molar-refractivity contribution in [3.63, 3.8) is 0 Å². The first-order chi connectivity index (χ1) is 12.1. The zero-order valence-corrected chi connectivity index (χ0v) is 15.4. The Morgan fingerprint density at radius 3 is 2.56 bits per heavy atom. The van der Waals surface area contributed by atoms with E-state index in [1.807, 2.05) is 73.7 Å². The molecule has 0 aliphatic rings. The number of anilines is 1. The molecule has 3 nitrogen and oxygen atoms in total. The molecule has 1 N–H and O–H groups in total. The van der Waals surface area contributed by atoms with Crippen molar-refractivity contribution in [3.8, 4) is 5.75 Å². The van der Waals surface area contributed by atoms with Crippen LogP contribution in [0.5, 0.6) is 5.75 Å². The van der Waals surface area contributed by atoms with E-state index in [4.69, 9.17) is 4.74 Å². The SMILES string of the molecule is Cc1ccccc1NC(=O)c1ccccc1OCc1cccc(Br)c1. The highest BCUT2D eigenvalue weighted by molar-refractivity contribution is 9.10. The summed E-state index contributed by atoms with van der Waals surface area (Å²) in [4.78, 5) is 12.7. The number of hydrogen-bond acceptors (Lipinski definition) is 2. The number of para-hydroxylation sites is 2. The molecule has 0 aromatic heterocycles. The third-order valence-corrected chi connectivity index (χ3v) is 4.30. The van der Waals surface area contributed by atoms with Crippen LogP contribution in [0.25, 0.3) is 0 Å². The molecule has 0 bridgehead atoms. The van der Waals surface area contributed by atoms with E-state index < -0.39 is 0 Å². The average Bonchev–Trinajstić information content (AvgIpc) is 2.62. The summed E-state index contributed by atoms with van der Waals surface area (Å²) in [5.74, 6) is 0.382. The first-order valence-corrected chi connectivity index (χ1v) is 8.76. The second kappa shape index (κ2) is 7.99. The Morgan fingerprint density at radius 2 is 1.76 bits per heavy atom. The van der Waals surface area contributed by atoms with Gasteiger partial charge in [0.2, 0.25) is 0 Å². The van der Waals surface area contributed by atoms with E-state index in [-0.39, 0.29) is 5.91 Å². The lowest BCUT2D eigenvalue weighted by molar-refractivity contribution is 0.102. The van der Waals surface area contributed by atoms with Gasteiger partial charge in [0.05, 0.1) is 5.56 Å². The summed E-state index contributed by atoms with van der Waals surface area (Å²) in [6, 6.07) is 22.9. The zero-order valence-electron chi connectivity index (χ0n) is 13.8. The third kappa shape index (κ3) is 4.48. The predicted octanol–water partition coefficient (Wildman–Crippen LogP) is 5.59. The van der Waals surface area contributed by atoms with E-state index in [1.165, 1.54) is 0 Å². The molecule has 0 saturated heterocycles. The maximum absolute atomic E-state index is 12.7. The second-order valence-corrected chi connectivity index (χ2v) is 6.60. The van der Waals surface area contributed by atoms with E-state index in [0.717, 1.165) is 21.3 Å². The molecule has 3 aromatic carbocycles. The Morgan fingerprint density at radius 1 is 1.00 bits per heavy atom. The summed E-state index contributed by atoms with van der Waals surface area (Å²) in [5.41, 5.74) is 3.36. The van der Waals surface area contributed by atoms with Crippen molar-refractivity contribution in [2.45, 2.75) is 13.5 Å². The highest BCUT2D eigenvalue weighted by atomic mass is 79.9. The smallest absolute Gasteiger partial charge is 0.259 e. The molecule has 0 heterocycles. The summed E-state index contributed by atoms with van der Waals surface area (Å²) in [6.45, 7) is 2.36. The number of nitrogens with one attached hydrogen (secondary N) is 1. The van der Waals surface area contributed by atoms with Crippen LogP contribution in [-0.2, 0) is 6.61 Å². The molecule has 3 rings (SSSR count). The van der Waals surface area contributed by atoms with Crippen LogP contribution in [0.15, 0.2) is 77.3 Å². The maximum Gasteiger partial charge on any atom is 0.259 e. The molecule has 1 amide bonds. The fraction of sp³-hybridized carbons (Fsp3) is 0.0952. The summed E-state index contributed by atoms with van der Waals surface area (Å²) in [7, 11) is 0. The fourth-order valence-corrected chi connectivity index (χ4v) is 2.92. The standard InChI is InChI=1S/C21H18BrNO2/c1-15-7-2-4-11-19(15)23-21(24)18-10-3-5-12-20(18)25-14-16-8-6-9-17(22)13-16/h2-13H,14H2,1H3,(H,23,24). The quantitative estimate of drug-likeness (QED) is 0.611. The minimum atomic E-state index is -0.181. The van der Waals surface area contributed by atoms with Gasteiger partial charge in [0.1, 0.15) is 12.4 Å². The Labute approximate surface area is 155 Å². The number of rotatable bonds is 5. The third-order valence-electron chi connectivity index (χ3n) is 3.81. The van der Waals surface area contributed by atoms with Crippen LogP contribution >= 0.6 is 15.9 Å². The first kappa shape index (κ1) is 17.2. The van der Waals surface area contributed by atoms with Crippen molar-refractivity contribution in [3.05, 3.63) is 94.0 Å². The molecule has 3 aromatic rings. The molecule has 4 heteroatoms. The van der Waals surface area contributed by atoms with Gasteiger partial charge in [-0.2, -0.15) is 0 Å². The second-order valence-electron chi connectivity index (χ2n) is 5.68. The summed E-state index contributed by atoms with van der Waals surface area (Å²) >= 11 is 3.45. The van der Waals surface area contributed by atoms with Crippen molar-refractivity contribution >= 4 is 27.5 Å². The molecule has 0 aliphatic carbocycles. The lowest BCUT2D eigenvalue weighted by Gasteiger charge is -2.13. The fourth-order valence-electron chi connectivity index (χ4n) is 2.47. The Hall–Kier alpha value is -2.59. The number of amides is 1. The number of aryl methyl sites for hydroxylation is 1. The van der Waals surface area contributed by atoms with Gasteiger partial charge in [0.15, 0.2) is 0 Å². The van der Waals surface area contributed by atoms with E-state index in [2.05, 4.69) is 21.2 Å². The number of carbonyl (C=O) groups is 1. The van der Waals surface area contributed by atoms with Crippen molar-refractivity contribution in [2.24, 2.45) is 0 Å². The molecule has 0 radical (unpaired) electrons. The van der Waals surface area contributed by atoms with Crippen LogP contribution in [0.2, 0.25) is 0 Å². The van der Waals surface area contributed by atoms with Crippen LogP contribution in [0.4, 0.5) is 5.69 Å².